The normalized spacial score (nSPS) is 22.6. The molecule has 4 heteroatoms. The van der Waals surface area contributed by atoms with E-state index in [-0.39, 0.29) is 6.04 Å². The van der Waals surface area contributed by atoms with Crippen molar-refractivity contribution in [2.24, 2.45) is 5.73 Å². The van der Waals surface area contributed by atoms with E-state index in [1.807, 2.05) is 6.92 Å². The van der Waals surface area contributed by atoms with Crippen molar-refractivity contribution in [1.82, 2.24) is 4.90 Å². The van der Waals surface area contributed by atoms with Crippen LogP contribution in [0.3, 0.4) is 0 Å². The second-order valence-corrected chi connectivity index (χ2v) is 6.60. The van der Waals surface area contributed by atoms with Crippen LogP contribution >= 0.6 is 15.9 Å². The van der Waals surface area contributed by atoms with Gasteiger partial charge in [-0.25, -0.2) is 0 Å². The fourth-order valence-electron chi connectivity index (χ4n) is 2.87. The maximum atomic E-state index is 5.95. The van der Waals surface area contributed by atoms with Crippen molar-refractivity contribution in [3.63, 3.8) is 0 Å². The van der Waals surface area contributed by atoms with Gasteiger partial charge in [0.05, 0.1) is 0 Å². The maximum absolute atomic E-state index is 5.95. The van der Waals surface area contributed by atoms with E-state index in [0.717, 1.165) is 23.6 Å². The highest BCUT2D eigenvalue weighted by molar-refractivity contribution is 9.10. The summed E-state index contributed by atoms with van der Waals surface area (Å²) >= 11 is 3.64. The lowest BCUT2D eigenvalue weighted by Gasteiger charge is -2.36. The molecule has 1 heterocycles. The fraction of sp³-hybridized carbons (Fsp3) is 0.600. The Morgan fingerprint density at radius 2 is 1.89 bits per heavy atom. The van der Waals surface area contributed by atoms with Gasteiger partial charge in [-0.3, -0.25) is 4.90 Å². The quantitative estimate of drug-likeness (QED) is 0.928. The van der Waals surface area contributed by atoms with Gasteiger partial charge in [-0.05, 0) is 37.5 Å². The zero-order valence-electron chi connectivity index (χ0n) is 11.5. The highest BCUT2D eigenvalue weighted by Gasteiger charge is 2.31. The van der Waals surface area contributed by atoms with Crippen LogP contribution in [-0.2, 0) is 0 Å². The van der Waals surface area contributed by atoms with E-state index >= 15 is 0 Å². The molecule has 1 aromatic carbocycles. The van der Waals surface area contributed by atoms with E-state index in [9.17, 15) is 0 Å². The molecule has 2 fully saturated rings. The molecular formula is C15H22BrN3. The van der Waals surface area contributed by atoms with E-state index in [4.69, 9.17) is 5.73 Å². The summed E-state index contributed by atoms with van der Waals surface area (Å²) in [6, 6.07) is 7.54. The van der Waals surface area contributed by atoms with Crippen LogP contribution in [0.25, 0.3) is 0 Å². The van der Waals surface area contributed by atoms with Crippen molar-refractivity contribution >= 4 is 21.6 Å². The highest BCUT2D eigenvalue weighted by atomic mass is 79.9. The van der Waals surface area contributed by atoms with Gasteiger partial charge >= 0.3 is 0 Å². The molecule has 0 spiro atoms. The zero-order chi connectivity index (χ0) is 13.4. The lowest BCUT2D eigenvalue weighted by atomic mass is 10.1. The summed E-state index contributed by atoms with van der Waals surface area (Å²) < 4.78 is 1.13. The van der Waals surface area contributed by atoms with E-state index in [1.54, 1.807) is 0 Å². The van der Waals surface area contributed by atoms with Gasteiger partial charge in [-0.1, -0.05) is 22.0 Å². The first-order chi connectivity index (χ1) is 9.15. The minimum absolute atomic E-state index is 0.0788. The van der Waals surface area contributed by atoms with Gasteiger partial charge in [0.15, 0.2) is 0 Å². The van der Waals surface area contributed by atoms with Crippen LogP contribution in [0.2, 0.25) is 0 Å². The molecule has 2 N–H and O–H groups in total. The standard InChI is InChI=1S/C15H22BrN3/c1-11(17)14-5-4-13(10-15(14)16)19-8-6-18(7-9-19)12-2-3-12/h4-5,10-12H,2-3,6-9,17H2,1H3/t11-/m1/s1. The molecule has 3 nitrogen and oxygen atoms in total. The topological polar surface area (TPSA) is 32.5 Å². The Morgan fingerprint density at radius 3 is 2.42 bits per heavy atom. The van der Waals surface area contributed by atoms with Gasteiger partial charge in [-0.2, -0.15) is 0 Å². The Morgan fingerprint density at radius 1 is 1.21 bits per heavy atom. The number of halogens is 1. The predicted molar refractivity (Wildman–Crippen MR) is 83.6 cm³/mol. The fourth-order valence-corrected chi connectivity index (χ4v) is 3.59. The Balaban J connectivity index is 1.67. The van der Waals surface area contributed by atoms with E-state index < -0.39 is 0 Å². The molecule has 3 rings (SSSR count). The van der Waals surface area contributed by atoms with Crippen molar-refractivity contribution < 1.29 is 0 Å². The number of hydrogen-bond acceptors (Lipinski definition) is 3. The minimum Gasteiger partial charge on any atom is -0.369 e. The molecule has 104 valence electrons. The zero-order valence-corrected chi connectivity index (χ0v) is 13.1. The first-order valence-electron chi connectivity index (χ1n) is 7.19. The summed E-state index contributed by atoms with van der Waals surface area (Å²) in [6.07, 6.45) is 2.82. The predicted octanol–water partition coefficient (Wildman–Crippen LogP) is 2.75. The van der Waals surface area contributed by atoms with Crippen LogP contribution in [0, 0.1) is 0 Å². The summed E-state index contributed by atoms with van der Waals surface area (Å²) in [6.45, 7) is 6.71. The molecule has 0 aromatic heterocycles. The first kappa shape index (κ1) is 13.4. The van der Waals surface area contributed by atoms with Gasteiger partial charge in [0.25, 0.3) is 0 Å². The molecule has 1 saturated carbocycles. The molecule has 1 atom stereocenters. The molecule has 1 aliphatic heterocycles. The summed E-state index contributed by atoms with van der Waals surface area (Å²) in [5.41, 5.74) is 8.44. The van der Waals surface area contributed by atoms with Crippen LogP contribution in [0.5, 0.6) is 0 Å². The van der Waals surface area contributed by atoms with Gasteiger partial charge in [0.2, 0.25) is 0 Å². The van der Waals surface area contributed by atoms with E-state index in [2.05, 4.69) is 43.9 Å². The molecule has 0 unspecified atom stereocenters. The Kier molecular flexibility index (Phi) is 3.83. The molecule has 2 aliphatic rings. The molecular weight excluding hydrogens is 302 g/mol. The average molecular weight is 324 g/mol. The largest absolute Gasteiger partial charge is 0.369 e. The first-order valence-corrected chi connectivity index (χ1v) is 7.98. The smallest absolute Gasteiger partial charge is 0.0378 e. The van der Waals surface area contributed by atoms with Crippen molar-refractivity contribution in [3.8, 4) is 0 Å². The Bertz CT molecular complexity index is 449. The van der Waals surface area contributed by atoms with Crippen LogP contribution < -0.4 is 10.6 Å². The third-order valence-electron chi connectivity index (χ3n) is 4.22. The average Bonchev–Trinajstić information content (AvgIpc) is 3.22. The number of nitrogens with two attached hydrogens (primary N) is 1. The number of nitrogens with zero attached hydrogens (tertiary/aromatic N) is 2. The van der Waals surface area contributed by atoms with Gasteiger partial charge in [-0.15, -0.1) is 0 Å². The Labute approximate surface area is 123 Å². The van der Waals surface area contributed by atoms with Crippen LogP contribution in [0.15, 0.2) is 22.7 Å². The molecule has 0 radical (unpaired) electrons. The number of benzene rings is 1. The second-order valence-electron chi connectivity index (χ2n) is 5.75. The van der Waals surface area contributed by atoms with Crippen molar-refractivity contribution in [2.45, 2.75) is 31.8 Å². The summed E-state index contributed by atoms with van der Waals surface area (Å²) in [7, 11) is 0. The van der Waals surface area contributed by atoms with Crippen molar-refractivity contribution in [3.05, 3.63) is 28.2 Å². The summed E-state index contributed by atoms with van der Waals surface area (Å²) in [5, 5.41) is 0. The molecule has 0 amide bonds. The molecule has 1 aromatic rings. The van der Waals surface area contributed by atoms with Crippen LogP contribution in [0.4, 0.5) is 5.69 Å². The SMILES string of the molecule is C[C@@H](N)c1ccc(N2CCN(C3CC3)CC2)cc1Br. The molecule has 0 bridgehead atoms. The number of piperazine rings is 1. The van der Waals surface area contributed by atoms with Gasteiger partial charge < -0.3 is 10.6 Å². The Hall–Kier alpha value is -0.580. The van der Waals surface area contributed by atoms with Gasteiger partial charge in [0.1, 0.15) is 0 Å². The maximum Gasteiger partial charge on any atom is 0.0378 e. The van der Waals surface area contributed by atoms with Crippen LogP contribution in [-0.4, -0.2) is 37.1 Å². The minimum atomic E-state index is 0.0788. The van der Waals surface area contributed by atoms with Gasteiger partial charge in [0, 0.05) is 48.4 Å². The number of hydrogen-bond donors (Lipinski definition) is 1. The number of rotatable bonds is 3. The highest BCUT2D eigenvalue weighted by Crippen LogP contribution is 2.30. The van der Waals surface area contributed by atoms with Crippen LogP contribution in [0.1, 0.15) is 31.4 Å². The summed E-state index contributed by atoms with van der Waals surface area (Å²) in [4.78, 5) is 5.12. The molecule has 19 heavy (non-hydrogen) atoms. The molecule has 1 aliphatic carbocycles. The van der Waals surface area contributed by atoms with E-state index in [0.29, 0.717) is 0 Å². The van der Waals surface area contributed by atoms with Crippen molar-refractivity contribution in [2.75, 3.05) is 31.1 Å². The number of anilines is 1. The monoisotopic (exact) mass is 323 g/mol. The third-order valence-corrected chi connectivity index (χ3v) is 4.90. The second kappa shape index (κ2) is 5.43. The van der Waals surface area contributed by atoms with E-state index in [1.165, 1.54) is 37.2 Å². The van der Waals surface area contributed by atoms with Crippen molar-refractivity contribution in [1.29, 1.82) is 0 Å². The third kappa shape index (κ3) is 2.96. The summed E-state index contributed by atoms with van der Waals surface area (Å²) in [5.74, 6) is 0. The molecule has 1 saturated heterocycles. The lowest BCUT2D eigenvalue weighted by Crippen LogP contribution is -2.47. The lowest BCUT2D eigenvalue weighted by molar-refractivity contribution is 0.248.